The van der Waals surface area contributed by atoms with Crippen molar-refractivity contribution in [3.05, 3.63) is 69.4 Å². The summed E-state index contributed by atoms with van der Waals surface area (Å²) < 4.78 is 1.41. The first-order valence-corrected chi connectivity index (χ1v) is 10.7. The van der Waals surface area contributed by atoms with Gasteiger partial charge in [0.25, 0.3) is 5.56 Å². The molecule has 3 aromatic heterocycles. The van der Waals surface area contributed by atoms with Gasteiger partial charge in [-0.25, -0.2) is 4.98 Å². The molecule has 0 bridgehead atoms. The van der Waals surface area contributed by atoms with Crippen molar-refractivity contribution < 1.29 is 4.79 Å². The highest BCUT2D eigenvalue weighted by Gasteiger charge is 2.19. The minimum Gasteiger partial charge on any atom is -0.311 e. The zero-order valence-electron chi connectivity index (χ0n) is 15.6. The zero-order chi connectivity index (χ0) is 19.7. The normalized spacial score (nSPS) is 11.1. The fraction of sp³-hybridized carbons (Fsp3) is 0.190. The van der Waals surface area contributed by atoms with E-state index >= 15 is 0 Å². The van der Waals surface area contributed by atoms with Gasteiger partial charge in [-0.3, -0.25) is 14.2 Å². The molecule has 5 nitrogen and oxygen atoms in total. The number of benzene rings is 1. The minimum absolute atomic E-state index is 0.0380. The molecule has 1 aromatic carbocycles. The molecule has 0 N–H and O–H groups in total. The molecule has 0 fully saturated rings. The fourth-order valence-electron chi connectivity index (χ4n) is 3.27. The Hall–Kier alpha value is -2.77. The van der Waals surface area contributed by atoms with Crippen molar-refractivity contribution in [2.45, 2.75) is 20.4 Å². The Kier molecular flexibility index (Phi) is 5.11. The summed E-state index contributed by atoms with van der Waals surface area (Å²) in [4.78, 5) is 34.0. The summed E-state index contributed by atoms with van der Waals surface area (Å²) in [7, 11) is 0. The quantitative estimate of drug-likeness (QED) is 0.486. The summed E-state index contributed by atoms with van der Waals surface area (Å²) in [5, 5.41) is 4.53. The Labute approximate surface area is 170 Å². The van der Waals surface area contributed by atoms with Crippen molar-refractivity contribution in [3.8, 4) is 10.4 Å². The molecule has 0 spiro atoms. The average molecular weight is 410 g/mol. The summed E-state index contributed by atoms with van der Waals surface area (Å²) in [5.41, 5.74) is 2.60. The number of aryl methyl sites for hydroxylation is 1. The van der Waals surface area contributed by atoms with Crippen molar-refractivity contribution in [3.63, 3.8) is 0 Å². The second kappa shape index (κ2) is 7.69. The van der Waals surface area contributed by atoms with Gasteiger partial charge in [-0.15, -0.1) is 22.7 Å². The van der Waals surface area contributed by atoms with E-state index in [4.69, 9.17) is 0 Å². The first kappa shape index (κ1) is 18.6. The third-order valence-corrected chi connectivity index (χ3v) is 6.47. The molecule has 0 atom stereocenters. The van der Waals surface area contributed by atoms with E-state index in [9.17, 15) is 9.59 Å². The molecule has 4 rings (SSSR count). The van der Waals surface area contributed by atoms with Crippen LogP contribution in [0.15, 0.2) is 58.3 Å². The zero-order valence-corrected chi connectivity index (χ0v) is 17.2. The largest absolute Gasteiger partial charge is 0.311 e. The summed E-state index contributed by atoms with van der Waals surface area (Å²) in [6.45, 7) is 4.41. The molecule has 28 heavy (non-hydrogen) atoms. The van der Waals surface area contributed by atoms with Gasteiger partial charge in [0, 0.05) is 28.1 Å². The van der Waals surface area contributed by atoms with Crippen molar-refractivity contribution >= 4 is 44.5 Å². The Bertz CT molecular complexity index is 1190. The SMILES string of the molecule is CCN(C(=O)Cn1cnc2scc(-c3cccs3)c2c1=O)c1ccccc1C. The molecule has 0 saturated carbocycles. The van der Waals surface area contributed by atoms with E-state index in [1.165, 1.54) is 22.2 Å². The molecule has 0 aliphatic carbocycles. The molecule has 142 valence electrons. The standard InChI is InChI=1S/C21H19N3O2S2/c1-3-24(16-8-5-4-7-14(16)2)18(25)11-23-13-22-20-19(21(23)26)15(12-28-20)17-9-6-10-27-17/h4-10,12-13H,3,11H2,1-2H3. The second-order valence-electron chi connectivity index (χ2n) is 6.41. The van der Waals surface area contributed by atoms with Crippen LogP contribution in [0.5, 0.6) is 0 Å². The molecule has 0 unspecified atom stereocenters. The molecule has 0 aliphatic heterocycles. The van der Waals surface area contributed by atoms with Crippen LogP contribution in [0.2, 0.25) is 0 Å². The van der Waals surface area contributed by atoms with Gasteiger partial charge < -0.3 is 4.90 Å². The van der Waals surface area contributed by atoms with E-state index in [-0.39, 0.29) is 18.0 Å². The third-order valence-electron chi connectivity index (χ3n) is 4.68. The maximum atomic E-state index is 13.1. The van der Waals surface area contributed by atoms with Crippen LogP contribution < -0.4 is 10.5 Å². The Morgan fingerprint density at radius 2 is 2.00 bits per heavy atom. The van der Waals surface area contributed by atoms with Crippen LogP contribution in [0.3, 0.4) is 0 Å². The minimum atomic E-state index is -0.177. The molecule has 0 aliphatic rings. The molecular weight excluding hydrogens is 390 g/mol. The summed E-state index contributed by atoms with van der Waals surface area (Å²) in [6.07, 6.45) is 1.48. The van der Waals surface area contributed by atoms with E-state index in [2.05, 4.69) is 4.98 Å². The number of nitrogens with zero attached hydrogens (tertiary/aromatic N) is 3. The van der Waals surface area contributed by atoms with Crippen LogP contribution in [0.1, 0.15) is 12.5 Å². The predicted molar refractivity (Wildman–Crippen MR) is 116 cm³/mol. The molecule has 4 aromatic rings. The number of fused-ring (bicyclic) bond motifs is 1. The summed E-state index contributed by atoms with van der Waals surface area (Å²) in [5.74, 6) is -0.132. The van der Waals surface area contributed by atoms with Gasteiger partial charge >= 0.3 is 0 Å². The van der Waals surface area contributed by atoms with Crippen LogP contribution in [0.25, 0.3) is 20.7 Å². The highest BCUT2D eigenvalue weighted by molar-refractivity contribution is 7.18. The monoisotopic (exact) mass is 409 g/mol. The van der Waals surface area contributed by atoms with Crippen LogP contribution in [-0.4, -0.2) is 22.0 Å². The van der Waals surface area contributed by atoms with Crippen LogP contribution in [0, 0.1) is 6.92 Å². The lowest BCUT2D eigenvalue weighted by molar-refractivity contribution is -0.119. The number of amides is 1. The Balaban J connectivity index is 1.71. The van der Waals surface area contributed by atoms with Gasteiger partial charge in [0.15, 0.2) is 0 Å². The second-order valence-corrected chi connectivity index (χ2v) is 8.21. The van der Waals surface area contributed by atoms with Gasteiger partial charge in [0.2, 0.25) is 5.91 Å². The van der Waals surface area contributed by atoms with Crippen molar-refractivity contribution in [1.82, 2.24) is 9.55 Å². The smallest absolute Gasteiger partial charge is 0.263 e. The highest BCUT2D eigenvalue weighted by atomic mass is 32.1. The maximum Gasteiger partial charge on any atom is 0.263 e. The average Bonchev–Trinajstić information content (AvgIpc) is 3.35. The van der Waals surface area contributed by atoms with E-state index in [0.717, 1.165) is 21.7 Å². The van der Waals surface area contributed by atoms with Crippen LogP contribution >= 0.6 is 22.7 Å². The molecular formula is C21H19N3O2S2. The number of carbonyl (C=O) groups excluding carboxylic acids is 1. The molecule has 7 heteroatoms. The predicted octanol–water partition coefficient (Wildman–Crippen LogP) is 4.55. The lowest BCUT2D eigenvalue weighted by Gasteiger charge is -2.23. The maximum absolute atomic E-state index is 13.1. The van der Waals surface area contributed by atoms with Crippen LogP contribution in [-0.2, 0) is 11.3 Å². The first-order valence-electron chi connectivity index (χ1n) is 8.96. The van der Waals surface area contributed by atoms with Crippen molar-refractivity contribution in [2.24, 2.45) is 0 Å². The van der Waals surface area contributed by atoms with Gasteiger partial charge in [0.1, 0.15) is 11.4 Å². The summed E-state index contributed by atoms with van der Waals surface area (Å²) in [6, 6.07) is 11.7. The number of hydrogen-bond donors (Lipinski definition) is 0. The number of aromatic nitrogens is 2. The number of hydrogen-bond acceptors (Lipinski definition) is 5. The fourth-order valence-corrected chi connectivity index (χ4v) is 4.99. The number of carbonyl (C=O) groups is 1. The van der Waals surface area contributed by atoms with Crippen LogP contribution in [0.4, 0.5) is 5.69 Å². The van der Waals surface area contributed by atoms with Gasteiger partial charge in [-0.1, -0.05) is 24.3 Å². The Morgan fingerprint density at radius 1 is 1.18 bits per heavy atom. The highest BCUT2D eigenvalue weighted by Crippen LogP contribution is 2.33. The van der Waals surface area contributed by atoms with Crippen molar-refractivity contribution in [2.75, 3.05) is 11.4 Å². The van der Waals surface area contributed by atoms with E-state index in [1.807, 2.05) is 61.0 Å². The number of para-hydroxylation sites is 1. The lowest BCUT2D eigenvalue weighted by Crippen LogP contribution is -2.37. The van der Waals surface area contributed by atoms with Gasteiger partial charge in [-0.2, -0.15) is 0 Å². The number of thiophene rings is 2. The molecule has 0 saturated heterocycles. The van der Waals surface area contributed by atoms with Crippen molar-refractivity contribution in [1.29, 1.82) is 0 Å². The Morgan fingerprint density at radius 3 is 2.71 bits per heavy atom. The van der Waals surface area contributed by atoms with E-state index in [0.29, 0.717) is 16.8 Å². The van der Waals surface area contributed by atoms with Gasteiger partial charge in [-0.05, 0) is 36.9 Å². The third kappa shape index (κ3) is 3.27. The van der Waals surface area contributed by atoms with Gasteiger partial charge in [0.05, 0.1) is 11.7 Å². The molecule has 3 heterocycles. The van der Waals surface area contributed by atoms with E-state index in [1.54, 1.807) is 16.2 Å². The molecule has 0 radical (unpaired) electrons. The first-order chi connectivity index (χ1) is 13.6. The molecule has 1 amide bonds. The van der Waals surface area contributed by atoms with E-state index < -0.39 is 0 Å². The topological polar surface area (TPSA) is 55.2 Å². The number of likely N-dealkylation sites (N-methyl/N-ethyl adjacent to an activating group) is 1. The number of rotatable bonds is 5. The summed E-state index contributed by atoms with van der Waals surface area (Å²) >= 11 is 3.04. The lowest BCUT2D eigenvalue weighted by atomic mass is 10.2. The number of anilines is 1.